The number of carbonyl (C=O) groups is 1. The molecule has 0 aliphatic carbocycles. The van der Waals surface area contributed by atoms with Gasteiger partial charge in [-0.15, -0.1) is 11.8 Å². The number of hydrogen-bond acceptors (Lipinski definition) is 5. The number of benzene rings is 1. The van der Waals surface area contributed by atoms with Gasteiger partial charge in [0, 0.05) is 11.4 Å². The smallest absolute Gasteiger partial charge is 0.320 e. The number of hydrogen-bond donors (Lipinski definition) is 1. The summed E-state index contributed by atoms with van der Waals surface area (Å²) in [4.78, 5) is 14.6. The Kier molecular flexibility index (Phi) is 4.78. The third kappa shape index (κ3) is 3.17. The van der Waals surface area contributed by atoms with Crippen molar-refractivity contribution in [3.8, 4) is 11.5 Å². The van der Waals surface area contributed by atoms with Crippen LogP contribution in [0.25, 0.3) is 0 Å². The third-order valence-corrected chi connectivity index (χ3v) is 5.04. The lowest BCUT2D eigenvalue weighted by atomic mass is 10.0. The third-order valence-electron chi connectivity index (χ3n) is 4.22. The molecule has 2 aliphatic rings. The standard InChI is InChI=1S/C16H21NO4S/c1-22-15-9-14-13(20-6-7-21-14)8-11(15)10-17-5-3-2-4-12(17)16(18)19/h8-9,12H,2-7,10H2,1H3,(H,18,19). The van der Waals surface area contributed by atoms with Gasteiger partial charge in [0.2, 0.25) is 0 Å². The Labute approximate surface area is 134 Å². The van der Waals surface area contributed by atoms with E-state index in [0.29, 0.717) is 19.8 Å². The van der Waals surface area contributed by atoms with E-state index in [1.807, 2.05) is 18.4 Å². The van der Waals surface area contributed by atoms with Crippen LogP contribution in [0.3, 0.4) is 0 Å². The molecule has 1 aromatic rings. The van der Waals surface area contributed by atoms with Gasteiger partial charge in [0.15, 0.2) is 11.5 Å². The molecule has 2 heterocycles. The fourth-order valence-electron chi connectivity index (χ4n) is 3.10. The lowest BCUT2D eigenvalue weighted by Gasteiger charge is -2.33. The van der Waals surface area contributed by atoms with Crippen LogP contribution in [0.2, 0.25) is 0 Å². The minimum absolute atomic E-state index is 0.378. The lowest BCUT2D eigenvalue weighted by Crippen LogP contribution is -2.44. The highest BCUT2D eigenvalue weighted by atomic mass is 32.2. The van der Waals surface area contributed by atoms with Crippen LogP contribution in [0.5, 0.6) is 11.5 Å². The number of fused-ring (bicyclic) bond motifs is 1. The van der Waals surface area contributed by atoms with Crippen LogP contribution in [0, 0.1) is 0 Å². The van der Waals surface area contributed by atoms with E-state index in [2.05, 4.69) is 4.90 Å². The molecule has 1 saturated heterocycles. The zero-order valence-electron chi connectivity index (χ0n) is 12.7. The predicted molar refractivity (Wildman–Crippen MR) is 84.9 cm³/mol. The molecule has 2 aliphatic heterocycles. The van der Waals surface area contributed by atoms with E-state index in [9.17, 15) is 9.90 Å². The van der Waals surface area contributed by atoms with Gasteiger partial charge in [0.05, 0.1) is 0 Å². The summed E-state index contributed by atoms with van der Waals surface area (Å²) in [6.07, 6.45) is 4.81. The molecule has 1 atom stereocenters. The van der Waals surface area contributed by atoms with Gasteiger partial charge in [0.1, 0.15) is 19.3 Å². The van der Waals surface area contributed by atoms with Crippen LogP contribution in [-0.2, 0) is 11.3 Å². The second-order valence-electron chi connectivity index (χ2n) is 5.63. The number of thioether (sulfide) groups is 1. The van der Waals surface area contributed by atoms with Crippen LogP contribution in [0.4, 0.5) is 0 Å². The minimum atomic E-state index is -0.719. The molecule has 3 rings (SSSR count). The van der Waals surface area contributed by atoms with Crippen molar-refractivity contribution < 1.29 is 19.4 Å². The van der Waals surface area contributed by atoms with Gasteiger partial charge < -0.3 is 14.6 Å². The zero-order chi connectivity index (χ0) is 15.5. The SMILES string of the molecule is CSc1cc2c(cc1CN1CCCCC1C(=O)O)OCCO2. The maximum absolute atomic E-state index is 11.5. The lowest BCUT2D eigenvalue weighted by molar-refractivity contribution is -0.144. The van der Waals surface area contributed by atoms with Crippen molar-refractivity contribution in [2.24, 2.45) is 0 Å². The summed E-state index contributed by atoms with van der Waals surface area (Å²) in [7, 11) is 0. The van der Waals surface area contributed by atoms with Gasteiger partial charge >= 0.3 is 5.97 Å². The summed E-state index contributed by atoms with van der Waals surface area (Å²) in [6, 6.07) is 3.64. The molecule has 0 aromatic heterocycles. The van der Waals surface area contributed by atoms with Gasteiger partial charge in [-0.25, -0.2) is 0 Å². The number of piperidine rings is 1. The van der Waals surface area contributed by atoms with Gasteiger partial charge in [-0.05, 0) is 43.3 Å². The molecule has 22 heavy (non-hydrogen) atoms. The maximum Gasteiger partial charge on any atom is 0.320 e. The summed E-state index contributed by atoms with van der Waals surface area (Å²) in [5, 5.41) is 9.41. The molecule has 1 fully saturated rings. The Balaban J connectivity index is 1.85. The fraction of sp³-hybridized carbons (Fsp3) is 0.562. The second-order valence-corrected chi connectivity index (χ2v) is 6.48. The number of nitrogens with zero attached hydrogens (tertiary/aromatic N) is 1. The van der Waals surface area contributed by atoms with Crippen LogP contribution < -0.4 is 9.47 Å². The van der Waals surface area contributed by atoms with Crippen molar-refractivity contribution in [2.75, 3.05) is 26.0 Å². The van der Waals surface area contributed by atoms with Gasteiger partial charge in [0.25, 0.3) is 0 Å². The zero-order valence-corrected chi connectivity index (χ0v) is 13.5. The molecule has 0 saturated carbocycles. The van der Waals surface area contributed by atoms with Crippen LogP contribution in [0.15, 0.2) is 17.0 Å². The van der Waals surface area contributed by atoms with E-state index in [4.69, 9.17) is 9.47 Å². The molecular formula is C16H21NO4S. The Morgan fingerprint density at radius 2 is 2.05 bits per heavy atom. The first-order valence-corrected chi connectivity index (χ1v) is 8.85. The Hall–Kier alpha value is -1.40. The first kappa shape index (κ1) is 15.5. The maximum atomic E-state index is 11.5. The van der Waals surface area contributed by atoms with E-state index in [1.165, 1.54) is 0 Å². The average molecular weight is 323 g/mol. The Morgan fingerprint density at radius 1 is 1.32 bits per heavy atom. The number of carboxylic acids is 1. The summed E-state index contributed by atoms with van der Waals surface area (Å²) in [5.41, 5.74) is 1.12. The molecule has 0 spiro atoms. The number of carboxylic acid groups (broad SMARTS) is 1. The van der Waals surface area contributed by atoms with Crippen molar-refractivity contribution in [1.29, 1.82) is 0 Å². The molecule has 0 bridgehead atoms. The molecular weight excluding hydrogens is 302 g/mol. The molecule has 1 N–H and O–H groups in total. The molecule has 6 heteroatoms. The summed E-state index contributed by atoms with van der Waals surface area (Å²) >= 11 is 1.66. The molecule has 5 nitrogen and oxygen atoms in total. The second kappa shape index (κ2) is 6.79. The normalized spacial score (nSPS) is 21.6. The van der Waals surface area contributed by atoms with Crippen LogP contribution in [-0.4, -0.2) is 48.0 Å². The summed E-state index contributed by atoms with van der Waals surface area (Å²) in [6.45, 7) is 2.61. The molecule has 0 radical (unpaired) electrons. The van der Waals surface area contributed by atoms with Gasteiger partial charge in [-0.3, -0.25) is 9.69 Å². The van der Waals surface area contributed by atoms with Crippen molar-refractivity contribution in [3.05, 3.63) is 17.7 Å². The van der Waals surface area contributed by atoms with Crippen LogP contribution in [0.1, 0.15) is 24.8 Å². The molecule has 1 aromatic carbocycles. The summed E-state index contributed by atoms with van der Waals surface area (Å²) < 4.78 is 11.3. The van der Waals surface area contributed by atoms with Crippen molar-refractivity contribution in [3.63, 3.8) is 0 Å². The summed E-state index contributed by atoms with van der Waals surface area (Å²) in [5.74, 6) is 0.832. The highest BCUT2D eigenvalue weighted by Gasteiger charge is 2.29. The number of rotatable bonds is 4. The van der Waals surface area contributed by atoms with E-state index >= 15 is 0 Å². The first-order valence-electron chi connectivity index (χ1n) is 7.62. The fourth-order valence-corrected chi connectivity index (χ4v) is 3.72. The monoisotopic (exact) mass is 323 g/mol. The largest absolute Gasteiger partial charge is 0.486 e. The number of likely N-dealkylation sites (tertiary alicyclic amines) is 1. The topological polar surface area (TPSA) is 59.0 Å². The quantitative estimate of drug-likeness (QED) is 0.860. The van der Waals surface area contributed by atoms with Crippen molar-refractivity contribution in [2.45, 2.75) is 36.7 Å². The van der Waals surface area contributed by atoms with Crippen LogP contribution >= 0.6 is 11.8 Å². The van der Waals surface area contributed by atoms with Crippen molar-refractivity contribution in [1.82, 2.24) is 4.90 Å². The van der Waals surface area contributed by atoms with E-state index in [-0.39, 0.29) is 6.04 Å². The Morgan fingerprint density at radius 3 is 2.73 bits per heavy atom. The van der Waals surface area contributed by atoms with Gasteiger partial charge in [-0.2, -0.15) is 0 Å². The first-order chi connectivity index (χ1) is 10.7. The van der Waals surface area contributed by atoms with E-state index < -0.39 is 5.97 Å². The van der Waals surface area contributed by atoms with E-state index in [1.54, 1.807) is 11.8 Å². The highest BCUT2D eigenvalue weighted by Crippen LogP contribution is 2.37. The minimum Gasteiger partial charge on any atom is -0.486 e. The average Bonchev–Trinajstić information content (AvgIpc) is 2.54. The number of ether oxygens (including phenoxy) is 2. The molecule has 120 valence electrons. The predicted octanol–water partition coefficient (Wildman–Crippen LogP) is 2.62. The molecule has 0 amide bonds. The number of aliphatic carboxylic acids is 1. The van der Waals surface area contributed by atoms with E-state index in [0.717, 1.165) is 47.8 Å². The van der Waals surface area contributed by atoms with Crippen molar-refractivity contribution >= 4 is 17.7 Å². The highest BCUT2D eigenvalue weighted by molar-refractivity contribution is 7.98. The van der Waals surface area contributed by atoms with Gasteiger partial charge in [-0.1, -0.05) is 6.42 Å². The Bertz CT molecular complexity index is 563. The molecule has 1 unspecified atom stereocenters.